The molecule has 3 aromatic rings. The van der Waals surface area contributed by atoms with Gasteiger partial charge in [-0.2, -0.15) is 10.4 Å². The smallest absolute Gasteiger partial charge is 0.254 e. The average Bonchev–Trinajstić information content (AvgIpc) is 3.50. The Labute approximate surface area is 194 Å². The molecule has 1 aromatic heterocycles. The third kappa shape index (κ3) is 3.69. The van der Waals surface area contributed by atoms with Gasteiger partial charge in [-0.3, -0.25) is 4.79 Å². The second-order valence-corrected chi connectivity index (χ2v) is 8.75. The molecule has 8 nitrogen and oxygen atoms in total. The molecule has 1 aliphatic carbocycles. The van der Waals surface area contributed by atoms with Crippen LogP contribution in [0.3, 0.4) is 0 Å². The number of carbonyl (C=O) groups is 1. The molecular formula is C24H22F2N6O2. The van der Waals surface area contributed by atoms with Gasteiger partial charge in [-0.05, 0) is 62.1 Å². The van der Waals surface area contributed by atoms with Crippen LogP contribution in [0.25, 0.3) is 11.3 Å². The summed E-state index contributed by atoms with van der Waals surface area (Å²) in [6, 6.07) is 9.33. The summed E-state index contributed by atoms with van der Waals surface area (Å²) in [5.74, 6) is -1.87. The summed E-state index contributed by atoms with van der Waals surface area (Å²) in [5, 5.41) is 14.2. The molecule has 1 aliphatic heterocycles. The molecule has 1 saturated carbocycles. The molecule has 174 valence electrons. The third-order valence-corrected chi connectivity index (χ3v) is 6.65. The van der Waals surface area contributed by atoms with Gasteiger partial charge < -0.3 is 21.1 Å². The number of nitrogens with zero attached hydrogens (tertiary/aromatic N) is 4. The fraction of sp³-hybridized carbons (Fsp3) is 0.292. The predicted molar refractivity (Wildman–Crippen MR) is 120 cm³/mol. The van der Waals surface area contributed by atoms with E-state index in [0.717, 1.165) is 37.8 Å². The van der Waals surface area contributed by atoms with Crippen molar-refractivity contribution in [3.63, 3.8) is 0 Å². The van der Waals surface area contributed by atoms with Gasteiger partial charge in [0.1, 0.15) is 28.6 Å². The molecule has 0 unspecified atom stereocenters. The summed E-state index contributed by atoms with van der Waals surface area (Å²) in [6.07, 6.45) is 5.95. The maximum atomic E-state index is 13.9. The van der Waals surface area contributed by atoms with Crippen LogP contribution in [0.15, 0.2) is 42.5 Å². The first kappa shape index (κ1) is 21.7. The van der Waals surface area contributed by atoms with Crippen molar-refractivity contribution in [2.45, 2.75) is 37.3 Å². The quantitative estimate of drug-likeness (QED) is 0.551. The topological polar surface area (TPSA) is 123 Å². The molecule has 34 heavy (non-hydrogen) atoms. The molecule has 2 heterocycles. The number of anilines is 1. The first-order valence-electron chi connectivity index (χ1n) is 10.9. The normalized spacial score (nSPS) is 18.5. The highest BCUT2D eigenvalue weighted by Gasteiger charge is 2.51. The molecule has 0 bridgehead atoms. The molecule has 0 radical (unpaired) electrons. The van der Waals surface area contributed by atoms with E-state index in [2.05, 4.69) is 11.3 Å². The minimum absolute atomic E-state index is 0.0255. The van der Waals surface area contributed by atoms with E-state index in [-0.39, 0.29) is 28.7 Å². The minimum Gasteiger partial charge on any atom is -0.454 e. The van der Waals surface area contributed by atoms with Gasteiger partial charge in [0.15, 0.2) is 17.8 Å². The van der Waals surface area contributed by atoms with Crippen LogP contribution in [0.4, 0.5) is 14.6 Å². The zero-order valence-corrected chi connectivity index (χ0v) is 18.2. The van der Waals surface area contributed by atoms with Gasteiger partial charge in [0.05, 0.1) is 18.1 Å². The summed E-state index contributed by atoms with van der Waals surface area (Å²) in [6.45, 7) is 0.468. The van der Waals surface area contributed by atoms with Crippen LogP contribution >= 0.6 is 0 Å². The lowest BCUT2D eigenvalue weighted by atomic mass is 9.97. The van der Waals surface area contributed by atoms with Gasteiger partial charge in [0, 0.05) is 11.6 Å². The molecule has 2 fully saturated rings. The van der Waals surface area contributed by atoms with Crippen LogP contribution < -0.4 is 16.2 Å². The van der Waals surface area contributed by atoms with Crippen molar-refractivity contribution in [2.75, 3.05) is 12.3 Å². The third-order valence-electron chi connectivity index (χ3n) is 6.65. The zero-order chi connectivity index (χ0) is 24.0. The number of nitrogen functional groups attached to an aromatic ring is 1. The highest BCUT2D eigenvalue weighted by Crippen LogP contribution is 2.50. The number of primary amides is 1. The van der Waals surface area contributed by atoms with Crippen LogP contribution in [0.2, 0.25) is 0 Å². The number of benzene rings is 2. The lowest BCUT2D eigenvalue weighted by Crippen LogP contribution is -2.43. The number of halogens is 2. The molecule has 4 N–H and O–H groups in total. The monoisotopic (exact) mass is 464 g/mol. The number of piperidine rings is 1. The van der Waals surface area contributed by atoms with E-state index in [1.807, 2.05) is 0 Å². The highest BCUT2D eigenvalue weighted by atomic mass is 19.1. The number of hydrogen-bond donors (Lipinski definition) is 2. The van der Waals surface area contributed by atoms with E-state index in [9.17, 15) is 18.8 Å². The number of nitriles is 1. The van der Waals surface area contributed by atoms with Gasteiger partial charge in [0.2, 0.25) is 0 Å². The van der Waals surface area contributed by atoms with Crippen molar-refractivity contribution in [3.8, 4) is 28.9 Å². The SMILES string of the molecule is N#CN1C[C@H](n2nc(-c3ccc(Oc4ccc(F)cc4F)cc3)c(C(N)=O)c2N)CCC12CC2. The number of ether oxygens (including phenoxy) is 1. The molecule has 2 aliphatic rings. The number of hydrogen-bond acceptors (Lipinski definition) is 6. The average molecular weight is 464 g/mol. The van der Waals surface area contributed by atoms with Crippen molar-refractivity contribution in [1.29, 1.82) is 5.26 Å². The van der Waals surface area contributed by atoms with E-state index >= 15 is 0 Å². The highest BCUT2D eigenvalue weighted by molar-refractivity contribution is 6.03. The standard InChI is InChI=1S/C24H22F2N6O2/c25-15-3-6-19(18(26)11-15)34-17-4-1-14(2-5-17)21-20(23(29)33)22(28)32(30-21)16-7-8-24(9-10-24)31(12-16)13-27/h1-6,11,16H,7-10,12,28H2,(H2,29,33)/t16-/m1/s1. The molecule has 10 heteroatoms. The lowest BCUT2D eigenvalue weighted by Gasteiger charge is -2.36. The fourth-order valence-corrected chi connectivity index (χ4v) is 4.61. The van der Waals surface area contributed by atoms with Crippen LogP contribution in [0, 0.1) is 23.1 Å². The molecule has 2 aromatic carbocycles. The summed E-state index contributed by atoms with van der Waals surface area (Å²) in [4.78, 5) is 14.0. The molecule has 1 amide bonds. The number of aromatic nitrogens is 2. The van der Waals surface area contributed by atoms with Crippen LogP contribution in [-0.2, 0) is 0 Å². The van der Waals surface area contributed by atoms with Crippen molar-refractivity contribution < 1.29 is 18.3 Å². The number of likely N-dealkylation sites (tertiary alicyclic amines) is 1. The van der Waals surface area contributed by atoms with Gasteiger partial charge >= 0.3 is 0 Å². The van der Waals surface area contributed by atoms with Crippen molar-refractivity contribution in [1.82, 2.24) is 14.7 Å². The predicted octanol–water partition coefficient (Wildman–Crippen LogP) is 3.95. The Kier molecular flexibility index (Phi) is 5.12. The van der Waals surface area contributed by atoms with Gasteiger partial charge in [-0.15, -0.1) is 0 Å². The molecule has 1 atom stereocenters. The molecule has 1 saturated heterocycles. The Morgan fingerprint density at radius 2 is 1.91 bits per heavy atom. The molecule has 1 spiro atoms. The maximum Gasteiger partial charge on any atom is 0.254 e. The van der Waals surface area contributed by atoms with Gasteiger partial charge in [0.25, 0.3) is 5.91 Å². The van der Waals surface area contributed by atoms with Gasteiger partial charge in [-0.1, -0.05) is 0 Å². The Morgan fingerprint density at radius 3 is 2.53 bits per heavy atom. The summed E-state index contributed by atoms with van der Waals surface area (Å²) < 4.78 is 34.1. The Morgan fingerprint density at radius 1 is 1.18 bits per heavy atom. The fourth-order valence-electron chi connectivity index (χ4n) is 4.61. The van der Waals surface area contributed by atoms with Crippen molar-refractivity contribution >= 4 is 11.7 Å². The Hall–Kier alpha value is -4.13. The largest absolute Gasteiger partial charge is 0.454 e. The molecular weight excluding hydrogens is 442 g/mol. The summed E-state index contributed by atoms with van der Waals surface area (Å²) >= 11 is 0. The Bertz CT molecular complexity index is 1310. The second-order valence-electron chi connectivity index (χ2n) is 8.75. The second kappa shape index (κ2) is 8.02. The number of nitrogens with two attached hydrogens (primary N) is 2. The lowest BCUT2D eigenvalue weighted by molar-refractivity contribution is 0.100. The first-order valence-corrected chi connectivity index (χ1v) is 10.9. The van der Waals surface area contributed by atoms with E-state index in [1.54, 1.807) is 33.8 Å². The number of carbonyl (C=O) groups excluding carboxylic acids is 1. The van der Waals surface area contributed by atoms with Crippen LogP contribution in [0.1, 0.15) is 42.1 Å². The van der Waals surface area contributed by atoms with E-state index in [4.69, 9.17) is 16.2 Å². The number of amides is 1. The first-order chi connectivity index (χ1) is 16.3. The minimum atomic E-state index is -0.821. The van der Waals surface area contributed by atoms with E-state index < -0.39 is 17.5 Å². The number of rotatable bonds is 5. The van der Waals surface area contributed by atoms with Crippen LogP contribution in [-0.4, -0.2) is 32.7 Å². The van der Waals surface area contributed by atoms with Crippen molar-refractivity contribution in [2.24, 2.45) is 5.73 Å². The van der Waals surface area contributed by atoms with E-state index in [0.29, 0.717) is 23.6 Å². The zero-order valence-electron chi connectivity index (χ0n) is 18.2. The van der Waals surface area contributed by atoms with E-state index in [1.165, 1.54) is 6.07 Å². The molecule has 5 rings (SSSR count). The summed E-state index contributed by atoms with van der Waals surface area (Å²) in [7, 11) is 0. The van der Waals surface area contributed by atoms with Crippen LogP contribution in [0.5, 0.6) is 11.5 Å². The maximum absolute atomic E-state index is 13.9. The van der Waals surface area contributed by atoms with Crippen molar-refractivity contribution in [3.05, 3.63) is 59.7 Å². The van der Waals surface area contributed by atoms with Gasteiger partial charge in [-0.25, -0.2) is 13.5 Å². The Balaban J connectivity index is 1.43. The summed E-state index contributed by atoms with van der Waals surface area (Å²) in [5.41, 5.74) is 12.9.